The van der Waals surface area contributed by atoms with Crippen LogP contribution in [0.15, 0.2) is 40.9 Å². The number of rotatable bonds is 4. The minimum atomic E-state index is -0.384. The Morgan fingerprint density at radius 3 is 2.65 bits per heavy atom. The van der Waals surface area contributed by atoms with E-state index < -0.39 is 0 Å². The van der Waals surface area contributed by atoms with Gasteiger partial charge in [0.15, 0.2) is 11.6 Å². The highest BCUT2D eigenvalue weighted by Crippen LogP contribution is 2.30. The van der Waals surface area contributed by atoms with Gasteiger partial charge in [0.1, 0.15) is 5.75 Å². The summed E-state index contributed by atoms with van der Waals surface area (Å²) < 4.78 is 20.2. The second-order valence-corrected chi connectivity index (χ2v) is 5.87. The van der Waals surface area contributed by atoms with Gasteiger partial charge < -0.3 is 10.5 Å². The Morgan fingerprint density at radius 2 is 1.95 bits per heavy atom. The van der Waals surface area contributed by atoms with Crippen LogP contribution in [-0.4, -0.2) is 6.04 Å². The normalized spacial score (nSPS) is 12.2. The Balaban J connectivity index is 2.30. The Hall–Kier alpha value is -1.39. The van der Waals surface area contributed by atoms with Gasteiger partial charge in [0.05, 0.1) is 0 Å². The molecule has 2 N–H and O–H groups in total. The molecule has 2 aromatic carbocycles. The minimum absolute atomic E-state index is 0.0770. The molecule has 0 amide bonds. The van der Waals surface area contributed by atoms with E-state index in [4.69, 9.17) is 10.5 Å². The van der Waals surface area contributed by atoms with Crippen molar-refractivity contribution in [1.82, 2.24) is 0 Å². The molecule has 0 aliphatic rings. The van der Waals surface area contributed by atoms with E-state index in [-0.39, 0.29) is 17.6 Å². The smallest absolute Gasteiger partial charge is 0.165 e. The molecule has 20 heavy (non-hydrogen) atoms. The molecule has 0 spiro atoms. The van der Waals surface area contributed by atoms with Crippen LogP contribution >= 0.6 is 15.9 Å². The second-order valence-electron chi connectivity index (χ2n) is 4.96. The lowest BCUT2D eigenvalue weighted by atomic mass is 10.1. The quantitative estimate of drug-likeness (QED) is 0.886. The molecule has 0 bridgehead atoms. The van der Waals surface area contributed by atoms with E-state index in [1.165, 1.54) is 6.07 Å². The topological polar surface area (TPSA) is 35.2 Å². The monoisotopic (exact) mass is 337 g/mol. The first-order chi connectivity index (χ1) is 9.45. The van der Waals surface area contributed by atoms with Crippen LogP contribution in [0.25, 0.3) is 0 Å². The maximum absolute atomic E-state index is 13.7. The molecule has 1 unspecified atom stereocenters. The van der Waals surface area contributed by atoms with Crippen LogP contribution < -0.4 is 10.5 Å². The van der Waals surface area contributed by atoms with Gasteiger partial charge in [0, 0.05) is 10.5 Å². The van der Waals surface area contributed by atoms with Crippen molar-refractivity contribution >= 4 is 15.9 Å². The molecule has 106 valence electrons. The van der Waals surface area contributed by atoms with Crippen molar-refractivity contribution in [2.75, 3.05) is 0 Å². The maximum Gasteiger partial charge on any atom is 0.165 e. The van der Waals surface area contributed by atoms with Crippen LogP contribution in [-0.2, 0) is 6.42 Å². The summed E-state index contributed by atoms with van der Waals surface area (Å²) in [6.07, 6.45) is 0.762. The molecule has 2 rings (SSSR count). The predicted octanol–water partition coefficient (Wildman–Crippen LogP) is 4.58. The maximum atomic E-state index is 13.7. The molecule has 0 aliphatic carbocycles. The Bertz CT molecular complexity index is 613. The molecule has 0 aromatic heterocycles. The van der Waals surface area contributed by atoms with Crippen LogP contribution in [0, 0.1) is 12.7 Å². The van der Waals surface area contributed by atoms with Gasteiger partial charge in [-0.3, -0.25) is 0 Å². The lowest BCUT2D eigenvalue weighted by Crippen LogP contribution is -2.17. The summed E-state index contributed by atoms with van der Waals surface area (Å²) in [5.41, 5.74) is 7.84. The average molecular weight is 338 g/mol. The summed E-state index contributed by atoms with van der Waals surface area (Å²) in [6, 6.07) is 10.6. The van der Waals surface area contributed by atoms with Gasteiger partial charge in [-0.1, -0.05) is 28.1 Å². The minimum Gasteiger partial charge on any atom is -0.454 e. The van der Waals surface area contributed by atoms with Crippen molar-refractivity contribution in [3.63, 3.8) is 0 Å². The van der Waals surface area contributed by atoms with Gasteiger partial charge >= 0.3 is 0 Å². The van der Waals surface area contributed by atoms with E-state index in [1.807, 2.05) is 32.0 Å². The Labute approximate surface area is 126 Å². The van der Waals surface area contributed by atoms with Crippen molar-refractivity contribution in [3.8, 4) is 11.5 Å². The first kappa shape index (κ1) is 15.0. The largest absolute Gasteiger partial charge is 0.454 e. The first-order valence-corrected chi connectivity index (χ1v) is 7.23. The van der Waals surface area contributed by atoms with Crippen LogP contribution in [0.1, 0.15) is 18.1 Å². The summed E-state index contributed by atoms with van der Waals surface area (Å²) >= 11 is 3.31. The van der Waals surface area contributed by atoms with Gasteiger partial charge in [0.25, 0.3) is 0 Å². The number of aryl methyl sites for hydroxylation is 1. The highest BCUT2D eigenvalue weighted by atomic mass is 79.9. The van der Waals surface area contributed by atoms with Gasteiger partial charge in [-0.2, -0.15) is 0 Å². The average Bonchev–Trinajstić information content (AvgIpc) is 2.37. The molecule has 0 heterocycles. The number of hydrogen-bond donors (Lipinski definition) is 1. The summed E-state index contributed by atoms with van der Waals surface area (Å²) in [7, 11) is 0. The summed E-state index contributed by atoms with van der Waals surface area (Å²) in [5.74, 6) is 0.478. The van der Waals surface area contributed by atoms with E-state index in [0.717, 1.165) is 22.0 Å². The van der Waals surface area contributed by atoms with Crippen LogP contribution in [0.3, 0.4) is 0 Å². The lowest BCUT2D eigenvalue weighted by Gasteiger charge is -2.12. The number of hydrogen-bond acceptors (Lipinski definition) is 2. The molecule has 4 heteroatoms. The molecular weight excluding hydrogens is 321 g/mol. The first-order valence-electron chi connectivity index (χ1n) is 6.43. The summed E-state index contributed by atoms with van der Waals surface area (Å²) in [4.78, 5) is 0. The Morgan fingerprint density at radius 1 is 1.20 bits per heavy atom. The van der Waals surface area contributed by atoms with Gasteiger partial charge in [-0.05, 0) is 55.7 Å². The molecular formula is C16H17BrFNO. The number of benzene rings is 2. The molecule has 0 radical (unpaired) electrons. The number of halogens is 2. The van der Waals surface area contributed by atoms with E-state index in [9.17, 15) is 4.39 Å². The molecule has 0 saturated heterocycles. The standard InChI is InChI=1S/C16H17BrFNO/c1-10-3-4-12(7-11(2)19)8-15(10)20-16-9-13(17)5-6-14(16)18/h3-6,8-9,11H,7,19H2,1-2H3. The zero-order chi connectivity index (χ0) is 14.7. The van der Waals surface area contributed by atoms with E-state index >= 15 is 0 Å². The van der Waals surface area contributed by atoms with Crippen LogP contribution in [0.4, 0.5) is 4.39 Å². The fraction of sp³-hybridized carbons (Fsp3) is 0.250. The van der Waals surface area contributed by atoms with Crippen molar-refractivity contribution in [2.24, 2.45) is 5.73 Å². The predicted molar refractivity (Wildman–Crippen MR) is 82.7 cm³/mol. The summed E-state index contributed by atoms with van der Waals surface area (Å²) in [5, 5.41) is 0. The second kappa shape index (κ2) is 6.37. The number of ether oxygens (including phenoxy) is 1. The molecule has 2 nitrogen and oxygen atoms in total. The third-order valence-corrected chi connectivity index (χ3v) is 3.42. The van der Waals surface area contributed by atoms with E-state index in [0.29, 0.717) is 5.75 Å². The van der Waals surface area contributed by atoms with E-state index in [1.54, 1.807) is 12.1 Å². The fourth-order valence-corrected chi connectivity index (χ4v) is 2.27. The summed E-state index contributed by atoms with van der Waals surface area (Å²) in [6.45, 7) is 3.88. The SMILES string of the molecule is Cc1ccc(CC(C)N)cc1Oc1cc(Br)ccc1F. The molecule has 2 aromatic rings. The number of nitrogens with two attached hydrogens (primary N) is 1. The third kappa shape index (κ3) is 3.81. The molecule has 0 fully saturated rings. The van der Waals surface area contributed by atoms with Gasteiger partial charge in [0.2, 0.25) is 0 Å². The molecule has 1 atom stereocenters. The van der Waals surface area contributed by atoms with Crippen molar-refractivity contribution < 1.29 is 9.13 Å². The molecule has 0 aliphatic heterocycles. The van der Waals surface area contributed by atoms with Crippen LogP contribution in [0.2, 0.25) is 0 Å². The lowest BCUT2D eigenvalue weighted by molar-refractivity contribution is 0.438. The van der Waals surface area contributed by atoms with Gasteiger partial charge in [-0.15, -0.1) is 0 Å². The Kier molecular flexibility index (Phi) is 4.78. The molecule has 0 saturated carbocycles. The fourth-order valence-electron chi connectivity index (χ4n) is 1.93. The highest BCUT2D eigenvalue weighted by Gasteiger charge is 2.09. The highest BCUT2D eigenvalue weighted by molar-refractivity contribution is 9.10. The van der Waals surface area contributed by atoms with Gasteiger partial charge in [-0.25, -0.2) is 4.39 Å². The van der Waals surface area contributed by atoms with E-state index in [2.05, 4.69) is 15.9 Å². The van der Waals surface area contributed by atoms with Crippen molar-refractivity contribution in [1.29, 1.82) is 0 Å². The van der Waals surface area contributed by atoms with Crippen LogP contribution in [0.5, 0.6) is 11.5 Å². The van der Waals surface area contributed by atoms with Crippen molar-refractivity contribution in [3.05, 3.63) is 57.8 Å². The van der Waals surface area contributed by atoms with Crippen molar-refractivity contribution in [2.45, 2.75) is 26.3 Å². The zero-order valence-electron chi connectivity index (χ0n) is 11.5. The zero-order valence-corrected chi connectivity index (χ0v) is 13.1. The third-order valence-electron chi connectivity index (χ3n) is 2.92.